The maximum absolute atomic E-state index is 12.1. The van der Waals surface area contributed by atoms with Gasteiger partial charge < -0.3 is 10.2 Å². The minimum absolute atomic E-state index is 0.207. The van der Waals surface area contributed by atoms with Crippen molar-refractivity contribution in [3.63, 3.8) is 0 Å². The summed E-state index contributed by atoms with van der Waals surface area (Å²) in [5, 5.41) is 11.0. The van der Waals surface area contributed by atoms with Gasteiger partial charge in [-0.25, -0.2) is 0 Å². The summed E-state index contributed by atoms with van der Waals surface area (Å²) in [4.78, 5) is 14.2. The number of hydrogen-bond donors (Lipinski definition) is 1. The number of nitrogens with zero attached hydrogens (tertiary/aromatic N) is 3. The standard InChI is InChI=1S/C18H24N4O/c1-4-5-11-22(3)17-10-9-16(20-21-17)18(23)19-13-15-8-6-7-14(2)12-15/h6-10,12H,4-5,11,13H2,1-3H3,(H,19,23). The Morgan fingerprint density at radius 2 is 2.04 bits per heavy atom. The van der Waals surface area contributed by atoms with Gasteiger partial charge in [0.05, 0.1) is 0 Å². The minimum atomic E-state index is -0.207. The first kappa shape index (κ1) is 16.9. The molecule has 0 unspecified atom stereocenters. The van der Waals surface area contributed by atoms with E-state index in [9.17, 15) is 4.79 Å². The lowest BCUT2D eigenvalue weighted by molar-refractivity contribution is 0.0945. The summed E-state index contributed by atoms with van der Waals surface area (Å²) in [6.07, 6.45) is 2.24. The lowest BCUT2D eigenvalue weighted by Crippen LogP contribution is -2.25. The lowest BCUT2D eigenvalue weighted by Gasteiger charge is -2.16. The number of aromatic nitrogens is 2. The fourth-order valence-corrected chi connectivity index (χ4v) is 2.25. The second-order valence-electron chi connectivity index (χ2n) is 5.72. The molecule has 0 saturated carbocycles. The number of anilines is 1. The van der Waals surface area contributed by atoms with Crippen LogP contribution in [0.5, 0.6) is 0 Å². The van der Waals surface area contributed by atoms with Crippen LogP contribution in [-0.2, 0) is 6.54 Å². The molecule has 0 fully saturated rings. The summed E-state index contributed by atoms with van der Waals surface area (Å²) < 4.78 is 0. The number of hydrogen-bond acceptors (Lipinski definition) is 4. The van der Waals surface area contributed by atoms with Crippen LogP contribution in [-0.4, -0.2) is 29.7 Å². The number of rotatable bonds is 7. The number of aryl methyl sites for hydroxylation is 1. The molecule has 1 N–H and O–H groups in total. The van der Waals surface area contributed by atoms with E-state index in [0.29, 0.717) is 12.2 Å². The van der Waals surface area contributed by atoms with Gasteiger partial charge in [-0.3, -0.25) is 4.79 Å². The Morgan fingerprint density at radius 3 is 2.70 bits per heavy atom. The van der Waals surface area contributed by atoms with Crippen molar-refractivity contribution < 1.29 is 4.79 Å². The zero-order chi connectivity index (χ0) is 16.7. The maximum Gasteiger partial charge on any atom is 0.272 e. The molecular weight excluding hydrogens is 288 g/mol. The normalized spacial score (nSPS) is 10.4. The summed E-state index contributed by atoms with van der Waals surface area (Å²) in [6, 6.07) is 11.6. The first-order valence-corrected chi connectivity index (χ1v) is 7.98. The molecule has 0 bridgehead atoms. The SMILES string of the molecule is CCCCN(C)c1ccc(C(=O)NCc2cccc(C)c2)nn1. The fourth-order valence-electron chi connectivity index (χ4n) is 2.25. The van der Waals surface area contributed by atoms with Gasteiger partial charge in [-0.05, 0) is 31.0 Å². The largest absolute Gasteiger partial charge is 0.358 e. The van der Waals surface area contributed by atoms with Crippen LogP contribution in [0.1, 0.15) is 41.4 Å². The maximum atomic E-state index is 12.1. The molecule has 0 atom stereocenters. The van der Waals surface area contributed by atoms with E-state index in [4.69, 9.17) is 0 Å². The Bertz CT molecular complexity index is 640. The molecule has 1 heterocycles. The van der Waals surface area contributed by atoms with Crippen molar-refractivity contribution in [1.29, 1.82) is 0 Å². The summed E-state index contributed by atoms with van der Waals surface area (Å²) in [5.41, 5.74) is 2.59. The van der Waals surface area contributed by atoms with Crippen molar-refractivity contribution in [2.24, 2.45) is 0 Å². The summed E-state index contributed by atoms with van der Waals surface area (Å²) in [6.45, 7) is 5.61. The average molecular weight is 312 g/mol. The van der Waals surface area contributed by atoms with Crippen molar-refractivity contribution in [3.8, 4) is 0 Å². The van der Waals surface area contributed by atoms with Crippen LogP contribution in [0.15, 0.2) is 36.4 Å². The van der Waals surface area contributed by atoms with E-state index >= 15 is 0 Å². The molecule has 1 aromatic heterocycles. The molecule has 2 rings (SSSR count). The van der Waals surface area contributed by atoms with E-state index in [-0.39, 0.29) is 5.91 Å². The van der Waals surface area contributed by atoms with E-state index in [1.165, 1.54) is 5.56 Å². The number of nitrogens with one attached hydrogen (secondary N) is 1. The minimum Gasteiger partial charge on any atom is -0.358 e. The smallest absolute Gasteiger partial charge is 0.272 e. The van der Waals surface area contributed by atoms with Crippen LogP contribution in [0.4, 0.5) is 5.82 Å². The third-order valence-electron chi connectivity index (χ3n) is 3.66. The Labute approximate surface area is 137 Å². The summed E-state index contributed by atoms with van der Waals surface area (Å²) >= 11 is 0. The van der Waals surface area contributed by atoms with Gasteiger partial charge in [0, 0.05) is 20.1 Å². The Hall–Kier alpha value is -2.43. The van der Waals surface area contributed by atoms with E-state index in [2.05, 4.69) is 28.5 Å². The molecule has 0 aliphatic carbocycles. The number of carbonyl (C=O) groups excluding carboxylic acids is 1. The fraction of sp³-hybridized carbons (Fsp3) is 0.389. The van der Waals surface area contributed by atoms with Gasteiger partial charge in [-0.15, -0.1) is 10.2 Å². The van der Waals surface area contributed by atoms with Crippen LogP contribution in [0, 0.1) is 6.92 Å². The molecule has 1 aromatic carbocycles. The molecule has 122 valence electrons. The van der Waals surface area contributed by atoms with Crippen LogP contribution in [0.3, 0.4) is 0 Å². The lowest BCUT2D eigenvalue weighted by atomic mass is 10.1. The van der Waals surface area contributed by atoms with E-state index < -0.39 is 0 Å². The van der Waals surface area contributed by atoms with E-state index in [1.807, 2.05) is 43.1 Å². The highest BCUT2D eigenvalue weighted by molar-refractivity contribution is 5.92. The molecule has 1 amide bonds. The van der Waals surface area contributed by atoms with Crippen molar-refractivity contribution in [2.45, 2.75) is 33.2 Å². The highest BCUT2D eigenvalue weighted by Gasteiger charge is 2.09. The molecule has 2 aromatic rings. The number of carbonyl (C=O) groups is 1. The van der Waals surface area contributed by atoms with Gasteiger partial charge in [0.2, 0.25) is 0 Å². The van der Waals surface area contributed by atoms with Crippen molar-refractivity contribution >= 4 is 11.7 Å². The van der Waals surface area contributed by atoms with Gasteiger partial charge in [-0.1, -0.05) is 43.2 Å². The van der Waals surface area contributed by atoms with Gasteiger partial charge >= 0.3 is 0 Å². The monoisotopic (exact) mass is 312 g/mol. The molecule has 0 aliphatic heterocycles. The molecule has 0 radical (unpaired) electrons. The van der Waals surface area contributed by atoms with Crippen LogP contribution < -0.4 is 10.2 Å². The summed E-state index contributed by atoms with van der Waals surface area (Å²) in [7, 11) is 1.98. The number of amides is 1. The number of benzene rings is 1. The molecule has 23 heavy (non-hydrogen) atoms. The Morgan fingerprint density at radius 1 is 1.22 bits per heavy atom. The van der Waals surface area contributed by atoms with Crippen LogP contribution in [0.2, 0.25) is 0 Å². The van der Waals surface area contributed by atoms with Crippen molar-refractivity contribution in [1.82, 2.24) is 15.5 Å². The zero-order valence-corrected chi connectivity index (χ0v) is 14.0. The Kier molecular flexibility index (Phi) is 6.09. The van der Waals surface area contributed by atoms with E-state index in [0.717, 1.165) is 30.8 Å². The first-order chi connectivity index (χ1) is 11.1. The van der Waals surface area contributed by atoms with Gasteiger partial charge in [0.25, 0.3) is 5.91 Å². The molecule has 0 saturated heterocycles. The summed E-state index contributed by atoms with van der Waals surface area (Å²) in [5.74, 6) is 0.579. The molecular formula is C18H24N4O. The van der Waals surface area contributed by atoms with Crippen LogP contribution >= 0.6 is 0 Å². The van der Waals surface area contributed by atoms with Gasteiger partial charge in [-0.2, -0.15) is 0 Å². The van der Waals surface area contributed by atoms with Crippen LogP contribution in [0.25, 0.3) is 0 Å². The average Bonchev–Trinajstić information content (AvgIpc) is 2.57. The Balaban J connectivity index is 1.92. The van der Waals surface area contributed by atoms with Gasteiger partial charge in [0.15, 0.2) is 11.5 Å². The molecule has 0 spiro atoms. The van der Waals surface area contributed by atoms with E-state index in [1.54, 1.807) is 6.07 Å². The predicted octanol–water partition coefficient (Wildman–Crippen LogP) is 2.95. The zero-order valence-electron chi connectivity index (χ0n) is 14.0. The number of unbranched alkanes of at least 4 members (excludes halogenated alkanes) is 1. The highest BCUT2D eigenvalue weighted by Crippen LogP contribution is 2.09. The molecule has 5 nitrogen and oxygen atoms in total. The molecule has 5 heteroatoms. The topological polar surface area (TPSA) is 58.1 Å². The van der Waals surface area contributed by atoms with Crippen molar-refractivity contribution in [2.75, 3.05) is 18.5 Å². The third kappa shape index (κ3) is 5.06. The quantitative estimate of drug-likeness (QED) is 0.854. The second kappa shape index (κ2) is 8.27. The van der Waals surface area contributed by atoms with Crippen molar-refractivity contribution in [3.05, 3.63) is 53.2 Å². The second-order valence-corrected chi connectivity index (χ2v) is 5.72. The predicted molar refractivity (Wildman–Crippen MR) is 92.6 cm³/mol. The van der Waals surface area contributed by atoms with Gasteiger partial charge in [0.1, 0.15) is 0 Å². The third-order valence-corrected chi connectivity index (χ3v) is 3.66. The highest BCUT2D eigenvalue weighted by atomic mass is 16.1. The first-order valence-electron chi connectivity index (χ1n) is 7.98. The molecule has 0 aliphatic rings.